The van der Waals surface area contributed by atoms with E-state index in [1.54, 1.807) is 18.6 Å². The Morgan fingerprint density at radius 1 is 1.04 bits per heavy atom. The predicted molar refractivity (Wildman–Crippen MR) is 90.4 cm³/mol. The largest absolute Gasteiger partial charge is 0.334 e. The number of hydrogen-bond donors (Lipinski definition) is 1. The van der Waals surface area contributed by atoms with E-state index in [-0.39, 0.29) is 17.9 Å². The fourth-order valence-corrected chi connectivity index (χ4v) is 4.09. The molecule has 0 spiro atoms. The van der Waals surface area contributed by atoms with Gasteiger partial charge < -0.3 is 10.6 Å². The Hall–Kier alpha value is -2.27. The molecule has 2 aliphatic carbocycles. The third-order valence-corrected chi connectivity index (χ3v) is 5.30. The summed E-state index contributed by atoms with van der Waals surface area (Å²) in [7, 11) is 0. The second kappa shape index (κ2) is 6.32. The number of rotatable bonds is 5. The Balaban J connectivity index is 1.51. The van der Waals surface area contributed by atoms with E-state index < -0.39 is 0 Å². The molecule has 24 heavy (non-hydrogen) atoms. The monoisotopic (exact) mass is 322 g/mol. The van der Waals surface area contributed by atoms with Gasteiger partial charge in [0.05, 0.1) is 0 Å². The second-order valence-electron chi connectivity index (χ2n) is 7.00. The molecule has 0 saturated heterocycles. The van der Waals surface area contributed by atoms with Gasteiger partial charge in [-0.2, -0.15) is 0 Å². The van der Waals surface area contributed by atoms with E-state index >= 15 is 0 Å². The van der Waals surface area contributed by atoms with Crippen LogP contribution < -0.4 is 5.73 Å². The van der Waals surface area contributed by atoms with Crippen LogP contribution in [0.2, 0.25) is 0 Å². The Bertz CT molecular complexity index is 652. The zero-order chi connectivity index (χ0) is 16.5. The fraction of sp³-hybridized carbons (Fsp3) is 0.421. The first-order valence-corrected chi connectivity index (χ1v) is 8.54. The number of nitrogens with two attached hydrogens (primary N) is 1. The summed E-state index contributed by atoms with van der Waals surface area (Å²) < 4.78 is 0. The van der Waals surface area contributed by atoms with Crippen LogP contribution in [0.5, 0.6) is 0 Å². The maximum Gasteiger partial charge on any atom is 0.226 e. The highest BCUT2D eigenvalue weighted by molar-refractivity contribution is 5.82. The van der Waals surface area contributed by atoms with Crippen LogP contribution in [0.1, 0.15) is 24.0 Å². The van der Waals surface area contributed by atoms with Crippen molar-refractivity contribution in [1.29, 1.82) is 0 Å². The van der Waals surface area contributed by atoms with Crippen LogP contribution in [-0.4, -0.2) is 26.8 Å². The van der Waals surface area contributed by atoms with Crippen LogP contribution in [-0.2, 0) is 17.9 Å². The fourth-order valence-electron chi connectivity index (χ4n) is 4.09. The van der Waals surface area contributed by atoms with Gasteiger partial charge in [0.2, 0.25) is 5.91 Å². The van der Waals surface area contributed by atoms with E-state index in [2.05, 4.69) is 9.97 Å². The molecule has 0 aromatic carbocycles. The summed E-state index contributed by atoms with van der Waals surface area (Å²) >= 11 is 0. The number of fused-ring (bicyclic) bond motifs is 1. The smallest absolute Gasteiger partial charge is 0.226 e. The van der Waals surface area contributed by atoms with E-state index in [9.17, 15) is 4.79 Å². The number of carbonyl (C=O) groups excluding carboxylic acids is 1. The van der Waals surface area contributed by atoms with Crippen molar-refractivity contribution in [3.63, 3.8) is 0 Å². The Morgan fingerprint density at radius 3 is 2.42 bits per heavy atom. The molecule has 0 bridgehead atoms. The van der Waals surface area contributed by atoms with Gasteiger partial charge in [-0.1, -0.05) is 6.07 Å². The lowest BCUT2D eigenvalue weighted by Gasteiger charge is -2.24. The summed E-state index contributed by atoms with van der Waals surface area (Å²) in [5.41, 5.74) is 8.16. The second-order valence-corrected chi connectivity index (χ2v) is 7.00. The third-order valence-electron chi connectivity index (χ3n) is 5.30. The molecule has 5 heteroatoms. The molecule has 2 N–H and O–H groups in total. The predicted octanol–water partition coefficient (Wildman–Crippen LogP) is 1.99. The van der Waals surface area contributed by atoms with Gasteiger partial charge in [-0.3, -0.25) is 14.8 Å². The van der Waals surface area contributed by atoms with Crippen molar-refractivity contribution in [3.05, 3.63) is 60.2 Å². The normalized spacial score (nSPS) is 27.5. The number of aromatic nitrogens is 2. The van der Waals surface area contributed by atoms with Crippen molar-refractivity contribution < 1.29 is 4.79 Å². The van der Waals surface area contributed by atoms with Gasteiger partial charge in [0.25, 0.3) is 0 Å². The van der Waals surface area contributed by atoms with Gasteiger partial charge in [0.15, 0.2) is 0 Å². The molecule has 2 unspecified atom stereocenters. The van der Waals surface area contributed by atoms with Gasteiger partial charge in [-0.25, -0.2) is 0 Å². The first-order valence-electron chi connectivity index (χ1n) is 8.54. The van der Waals surface area contributed by atoms with Gasteiger partial charge in [-0.15, -0.1) is 0 Å². The van der Waals surface area contributed by atoms with Gasteiger partial charge in [-0.05, 0) is 54.0 Å². The molecule has 124 valence electrons. The molecule has 1 amide bonds. The summed E-state index contributed by atoms with van der Waals surface area (Å²) in [4.78, 5) is 23.3. The topological polar surface area (TPSA) is 72.1 Å². The molecule has 2 heterocycles. The summed E-state index contributed by atoms with van der Waals surface area (Å²) in [5, 5.41) is 0. The van der Waals surface area contributed by atoms with Crippen molar-refractivity contribution in [3.8, 4) is 0 Å². The van der Waals surface area contributed by atoms with Crippen molar-refractivity contribution in [2.75, 3.05) is 0 Å². The zero-order valence-electron chi connectivity index (χ0n) is 13.6. The number of pyridine rings is 2. The van der Waals surface area contributed by atoms with E-state index in [0.29, 0.717) is 24.9 Å². The molecule has 2 fully saturated rings. The summed E-state index contributed by atoms with van der Waals surface area (Å²) in [6.45, 7) is 1.20. The van der Waals surface area contributed by atoms with E-state index in [0.717, 1.165) is 24.0 Å². The zero-order valence-corrected chi connectivity index (χ0v) is 13.6. The maximum absolute atomic E-state index is 13.1. The number of hydrogen-bond acceptors (Lipinski definition) is 4. The van der Waals surface area contributed by atoms with Crippen molar-refractivity contribution in [2.45, 2.75) is 32.0 Å². The van der Waals surface area contributed by atoms with Gasteiger partial charge >= 0.3 is 0 Å². The Kier molecular flexibility index (Phi) is 4.02. The minimum Gasteiger partial charge on any atom is -0.334 e. The SMILES string of the molecule is NC1CC2C(C1)C2C(=O)N(Cc1ccncc1)Cc1cccnc1. The third kappa shape index (κ3) is 3.04. The number of carbonyl (C=O) groups is 1. The molecular weight excluding hydrogens is 300 g/mol. The van der Waals surface area contributed by atoms with Crippen molar-refractivity contribution in [1.82, 2.24) is 14.9 Å². The van der Waals surface area contributed by atoms with Gasteiger partial charge in [0, 0.05) is 49.8 Å². The van der Waals surface area contributed by atoms with Crippen LogP contribution in [0.25, 0.3) is 0 Å². The molecule has 0 aliphatic heterocycles. The average Bonchev–Trinajstić information content (AvgIpc) is 3.12. The molecule has 5 nitrogen and oxygen atoms in total. The van der Waals surface area contributed by atoms with Crippen LogP contribution in [0.4, 0.5) is 0 Å². The minimum absolute atomic E-state index is 0.170. The summed E-state index contributed by atoms with van der Waals surface area (Å²) in [5.74, 6) is 1.43. The van der Waals surface area contributed by atoms with Crippen LogP contribution in [0, 0.1) is 17.8 Å². The van der Waals surface area contributed by atoms with Crippen molar-refractivity contribution in [2.24, 2.45) is 23.5 Å². The summed E-state index contributed by atoms with van der Waals surface area (Å²) in [6.07, 6.45) is 9.12. The van der Waals surface area contributed by atoms with E-state index in [4.69, 9.17) is 5.73 Å². The van der Waals surface area contributed by atoms with Gasteiger partial charge in [0.1, 0.15) is 0 Å². The minimum atomic E-state index is 0.170. The van der Waals surface area contributed by atoms with E-state index in [1.807, 2.05) is 35.4 Å². The molecule has 0 radical (unpaired) electrons. The summed E-state index contributed by atoms with van der Waals surface area (Å²) in [6, 6.07) is 8.15. The number of nitrogens with zero attached hydrogens (tertiary/aromatic N) is 3. The highest BCUT2D eigenvalue weighted by atomic mass is 16.2. The van der Waals surface area contributed by atoms with Crippen molar-refractivity contribution >= 4 is 5.91 Å². The average molecular weight is 322 g/mol. The highest BCUT2D eigenvalue weighted by Gasteiger charge is 2.59. The Morgan fingerprint density at radius 2 is 1.75 bits per heavy atom. The van der Waals surface area contributed by atoms with Crippen LogP contribution in [0.3, 0.4) is 0 Å². The Labute approximate surface area is 141 Å². The molecule has 2 aromatic rings. The molecule has 2 aromatic heterocycles. The standard InChI is InChI=1S/C19H22N4O/c20-15-8-16-17(9-15)18(16)19(24)23(11-13-3-6-21-7-4-13)12-14-2-1-5-22-10-14/h1-7,10,15-18H,8-9,11-12,20H2. The van der Waals surface area contributed by atoms with Crippen LogP contribution in [0.15, 0.2) is 49.1 Å². The molecule has 2 atom stereocenters. The molecular formula is C19H22N4O. The quantitative estimate of drug-likeness (QED) is 0.914. The maximum atomic E-state index is 13.1. The molecule has 4 rings (SSSR count). The molecule has 2 aliphatic rings. The first-order chi connectivity index (χ1) is 11.7. The van der Waals surface area contributed by atoms with E-state index in [1.165, 1.54) is 0 Å². The lowest BCUT2D eigenvalue weighted by molar-refractivity contribution is -0.134. The lowest BCUT2D eigenvalue weighted by Crippen LogP contribution is -2.33. The lowest BCUT2D eigenvalue weighted by atomic mass is 10.1. The highest BCUT2D eigenvalue weighted by Crippen LogP contribution is 2.57. The first kappa shape index (κ1) is 15.3. The number of amides is 1. The van der Waals surface area contributed by atoms with Crippen LogP contribution >= 0.6 is 0 Å². The molecule has 2 saturated carbocycles.